The minimum atomic E-state index is -0.974. The predicted octanol–water partition coefficient (Wildman–Crippen LogP) is 1.93. The van der Waals surface area contributed by atoms with Crippen molar-refractivity contribution in [3.05, 3.63) is 0 Å². The highest BCUT2D eigenvalue weighted by molar-refractivity contribution is 5.80. The number of urea groups is 1. The molecule has 104 valence electrons. The number of carbonyl (C=O) groups excluding carboxylic acids is 1. The van der Waals surface area contributed by atoms with Gasteiger partial charge in [0, 0.05) is 12.6 Å². The molecule has 1 fully saturated rings. The van der Waals surface area contributed by atoms with Crippen LogP contribution in [0.25, 0.3) is 0 Å². The van der Waals surface area contributed by atoms with Crippen molar-refractivity contribution in [3.63, 3.8) is 0 Å². The molecule has 0 aliphatic heterocycles. The van der Waals surface area contributed by atoms with Crippen LogP contribution in [0.2, 0.25) is 0 Å². The average Bonchev–Trinajstić information content (AvgIpc) is 2.67. The molecule has 0 aromatic carbocycles. The molecule has 18 heavy (non-hydrogen) atoms. The first-order chi connectivity index (χ1) is 8.49. The van der Waals surface area contributed by atoms with E-state index in [2.05, 4.69) is 19.2 Å². The van der Waals surface area contributed by atoms with Crippen molar-refractivity contribution in [3.8, 4) is 0 Å². The molecule has 0 saturated heterocycles. The topological polar surface area (TPSA) is 69.6 Å². The number of carboxylic acids is 1. The van der Waals surface area contributed by atoms with Crippen molar-refractivity contribution in [1.29, 1.82) is 0 Å². The standard InChI is InChI=1S/C13H24N2O3/c1-4-10-6-7-11(9(10)3)14-13(18)15(5-2)8-12(16)17/h9-11H,4-8H2,1-3H3,(H,14,18)(H,16,17). The van der Waals surface area contributed by atoms with Gasteiger partial charge in [0.05, 0.1) is 0 Å². The Labute approximate surface area is 109 Å². The summed E-state index contributed by atoms with van der Waals surface area (Å²) in [5, 5.41) is 11.7. The molecule has 0 aromatic rings. The Morgan fingerprint density at radius 1 is 1.33 bits per heavy atom. The van der Waals surface area contributed by atoms with Gasteiger partial charge in [-0.3, -0.25) is 4.79 Å². The lowest BCUT2D eigenvalue weighted by atomic mass is 9.93. The fourth-order valence-corrected chi connectivity index (χ4v) is 2.77. The van der Waals surface area contributed by atoms with Crippen LogP contribution in [0.4, 0.5) is 4.79 Å². The Morgan fingerprint density at radius 2 is 2.00 bits per heavy atom. The number of carbonyl (C=O) groups is 2. The number of likely N-dealkylation sites (N-methyl/N-ethyl adjacent to an activating group) is 1. The van der Waals surface area contributed by atoms with Gasteiger partial charge in [-0.1, -0.05) is 20.3 Å². The second kappa shape index (κ2) is 6.61. The summed E-state index contributed by atoms with van der Waals surface area (Å²) in [6, 6.07) is -0.0706. The normalized spacial score (nSPS) is 26.9. The molecule has 0 spiro atoms. The zero-order chi connectivity index (χ0) is 13.7. The number of carboxylic acid groups (broad SMARTS) is 1. The van der Waals surface area contributed by atoms with Gasteiger partial charge >= 0.3 is 12.0 Å². The maximum absolute atomic E-state index is 12.0. The highest BCUT2D eigenvalue weighted by atomic mass is 16.4. The number of nitrogens with zero attached hydrogens (tertiary/aromatic N) is 1. The van der Waals surface area contributed by atoms with Gasteiger partial charge in [0.25, 0.3) is 0 Å². The molecule has 0 bridgehead atoms. The Hall–Kier alpha value is -1.26. The quantitative estimate of drug-likeness (QED) is 0.789. The number of rotatable bonds is 5. The molecule has 2 amide bonds. The van der Waals surface area contributed by atoms with Crippen molar-refractivity contribution < 1.29 is 14.7 Å². The molecule has 0 heterocycles. The first kappa shape index (κ1) is 14.8. The van der Waals surface area contributed by atoms with Crippen LogP contribution in [-0.2, 0) is 4.79 Å². The molecule has 3 atom stereocenters. The summed E-state index contributed by atoms with van der Waals surface area (Å²) in [4.78, 5) is 23.9. The van der Waals surface area contributed by atoms with E-state index < -0.39 is 5.97 Å². The zero-order valence-electron chi connectivity index (χ0n) is 11.5. The summed E-state index contributed by atoms with van der Waals surface area (Å²) in [6.45, 7) is 6.31. The van der Waals surface area contributed by atoms with Gasteiger partial charge in [0.2, 0.25) is 0 Å². The molecule has 2 N–H and O–H groups in total. The van der Waals surface area contributed by atoms with Crippen molar-refractivity contribution in [2.24, 2.45) is 11.8 Å². The van der Waals surface area contributed by atoms with Crippen LogP contribution in [-0.4, -0.2) is 41.1 Å². The van der Waals surface area contributed by atoms with E-state index >= 15 is 0 Å². The lowest BCUT2D eigenvalue weighted by Crippen LogP contribution is -2.47. The van der Waals surface area contributed by atoms with Crippen molar-refractivity contribution in [2.45, 2.75) is 46.1 Å². The summed E-state index contributed by atoms with van der Waals surface area (Å²) >= 11 is 0. The molecule has 3 unspecified atom stereocenters. The summed E-state index contributed by atoms with van der Waals surface area (Å²) in [6.07, 6.45) is 3.28. The predicted molar refractivity (Wildman–Crippen MR) is 69.4 cm³/mol. The van der Waals surface area contributed by atoms with E-state index in [0.717, 1.165) is 19.3 Å². The van der Waals surface area contributed by atoms with Crippen LogP contribution in [0.5, 0.6) is 0 Å². The molecule has 1 saturated carbocycles. The third kappa shape index (κ3) is 3.62. The van der Waals surface area contributed by atoms with E-state index in [-0.39, 0.29) is 18.6 Å². The van der Waals surface area contributed by atoms with Crippen molar-refractivity contribution >= 4 is 12.0 Å². The Bertz CT molecular complexity index is 307. The fourth-order valence-electron chi connectivity index (χ4n) is 2.77. The van der Waals surface area contributed by atoms with E-state index in [1.54, 1.807) is 6.92 Å². The van der Waals surface area contributed by atoms with E-state index in [9.17, 15) is 9.59 Å². The summed E-state index contributed by atoms with van der Waals surface area (Å²) in [5.74, 6) is 0.172. The highest BCUT2D eigenvalue weighted by Crippen LogP contribution is 2.33. The minimum absolute atomic E-state index is 0.185. The summed E-state index contributed by atoms with van der Waals surface area (Å²) in [5.41, 5.74) is 0. The van der Waals surface area contributed by atoms with E-state index in [1.165, 1.54) is 4.90 Å². The highest BCUT2D eigenvalue weighted by Gasteiger charge is 2.33. The second-order valence-corrected chi connectivity index (χ2v) is 5.07. The number of nitrogens with one attached hydrogen (secondary N) is 1. The van der Waals surface area contributed by atoms with Crippen molar-refractivity contribution in [1.82, 2.24) is 10.2 Å². The van der Waals surface area contributed by atoms with Crippen LogP contribution >= 0.6 is 0 Å². The van der Waals surface area contributed by atoms with Gasteiger partial charge < -0.3 is 15.3 Å². The van der Waals surface area contributed by atoms with Crippen LogP contribution in [0.15, 0.2) is 0 Å². The molecular formula is C13H24N2O3. The van der Waals surface area contributed by atoms with E-state index in [0.29, 0.717) is 18.4 Å². The van der Waals surface area contributed by atoms with Crippen LogP contribution in [0.3, 0.4) is 0 Å². The summed E-state index contributed by atoms with van der Waals surface area (Å²) in [7, 11) is 0. The third-order valence-electron chi connectivity index (χ3n) is 4.06. The third-order valence-corrected chi connectivity index (χ3v) is 4.06. The van der Waals surface area contributed by atoms with E-state index in [1.807, 2.05) is 0 Å². The molecule has 0 aromatic heterocycles. The van der Waals surface area contributed by atoms with Gasteiger partial charge in [-0.25, -0.2) is 4.79 Å². The minimum Gasteiger partial charge on any atom is -0.480 e. The first-order valence-electron chi connectivity index (χ1n) is 6.76. The van der Waals surface area contributed by atoms with Gasteiger partial charge in [-0.15, -0.1) is 0 Å². The number of hydrogen-bond acceptors (Lipinski definition) is 2. The Balaban J connectivity index is 2.51. The molecule has 5 heteroatoms. The van der Waals surface area contributed by atoms with Gasteiger partial charge in [0.1, 0.15) is 6.54 Å². The number of amides is 2. The molecule has 1 aliphatic rings. The van der Waals surface area contributed by atoms with Crippen LogP contribution in [0.1, 0.15) is 40.0 Å². The monoisotopic (exact) mass is 256 g/mol. The van der Waals surface area contributed by atoms with E-state index in [4.69, 9.17) is 5.11 Å². The SMILES string of the molecule is CCC1CCC(NC(=O)N(CC)CC(=O)O)C1C. The molecule has 5 nitrogen and oxygen atoms in total. The van der Waals surface area contributed by atoms with Gasteiger partial charge in [0.15, 0.2) is 0 Å². The molecule has 0 radical (unpaired) electrons. The zero-order valence-corrected chi connectivity index (χ0v) is 11.5. The molecule has 1 rings (SSSR count). The number of aliphatic carboxylic acids is 1. The molecule has 1 aliphatic carbocycles. The maximum atomic E-state index is 12.0. The maximum Gasteiger partial charge on any atom is 0.323 e. The second-order valence-electron chi connectivity index (χ2n) is 5.07. The Kier molecular flexibility index (Phi) is 5.44. The number of hydrogen-bond donors (Lipinski definition) is 2. The lowest BCUT2D eigenvalue weighted by molar-refractivity contribution is -0.137. The summed E-state index contributed by atoms with van der Waals surface area (Å²) < 4.78 is 0. The molecular weight excluding hydrogens is 232 g/mol. The van der Waals surface area contributed by atoms with Gasteiger partial charge in [-0.05, 0) is 31.6 Å². The van der Waals surface area contributed by atoms with Crippen LogP contribution < -0.4 is 5.32 Å². The first-order valence-corrected chi connectivity index (χ1v) is 6.76. The van der Waals surface area contributed by atoms with Crippen LogP contribution in [0, 0.1) is 11.8 Å². The Morgan fingerprint density at radius 3 is 2.44 bits per heavy atom. The van der Waals surface area contributed by atoms with Gasteiger partial charge in [-0.2, -0.15) is 0 Å². The smallest absolute Gasteiger partial charge is 0.323 e. The average molecular weight is 256 g/mol. The fraction of sp³-hybridized carbons (Fsp3) is 0.846. The van der Waals surface area contributed by atoms with Crippen molar-refractivity contribution in [2.75, 3.05) is 13.1 Å². The lowest BCUT2D eigenvalue weighted by Gasteiger charge is -2.25. The largest absolute Gasteiger partial charge is 0.480 e.